The Labute approximate surface area is 208 Å². The Morgan fingerprint density at radius 1 is 1.06 bits per heavy atom. The number of rotatable bonds is 3. The first-order chi connectivity index (χ1) is 16.6. The van der Waals surface area contributed by atoms with E-state index in [2.05, 4.69) is 58.2 Å². The Kier molecular flexibility index (Phi) is 8.46. The van der Waals surface area contributed by atoms with Gasteiger partial charge in [-0.3, -0.25) is 0 Å². The van der Waals surface area contributed by atoms with Crippen molar-refractivity contribution in [1.82, 2.24) is 9.88 Å². The minimum Gasteiger partial charge on any atom is -0.473 e. The number of aromatic nitrogens is 1. The van der Waals surface area contributed by atoms with Gasteiger partial charge in [0.15, 0.2) is 0 Å². The topological polar surface area (TPSA) is 114 Å². The van der Waals surface area contributed by atoms with Crippen molar-refractivity contribution in [3.8, 4) is 23.1 Å². The SMILES string of the molecule is CCN1CCN(c2nc(-c3ccc(C#CC(C)(C)O)cc3)cc3sccc23)CC1.O=C(O)C(=O)O. The summed E-state index contributed by atoms with van der Waals surface area (Å²) >= 11 is 1.77. The number of pyridine rings is 1. The summed E-state index contributed by atoms with van der Waals surface area (Å²) in [5.74, 6) is 3.34. The molecule has 1 aromatic carbocycles. The second kappa shape index (κ2) is 11.3. The maximum atomic E-state index is 9.79. The van der Waals surface area contributed by atoms with E-state index in [0.29, 0.717) is 0 Å². The van der Waals surface area contributed by atoms with Crippen LogP contribution in [0.2, 0.25) is 0 Å². The van der Waals surface area contributed by atoms with Gasteiger partial charge in [0, 0.05) is 47.4 Å². The van der Waals surface area contributed by atoms with Crippen molar-refractivity contribution in [2.45, 2.75) is 26.4 Å². The number of aliphatic hydroxyl groups is 1. The summed E-state index contributed by atoms with van der Waals surface area (Å²) in [5.41, 5.74) is 1.99. The number of carboxylic acid groups (broad SMARTS) is 2. The monoisotopic (exact) mass is 495 g/mol. The Morgan fingerprint density at radius 3 is 2.23 bits per heavy atom. The van der Waals surface area contributed by atoms with Gasteiger partial charge in [0.1, 0.15) is 11.4 Å². The van der Waals surface area contributed by atoms with Crippen LogP contribution in [0.5, 0.6) is 0 Å². The van der Waals surface area contributed by atoms with Gasteiger partial charge in [-0.1, -0.05) is 30.9 Å². The fourth-order valence-electron chi connectivity index (χ4n) is 3.56. The normalized spacial score (nSPS) is 14.0. The van der Waals surface area contributed by atoms with Crippen LogP contribution in [0.25, 0.3) is 21.3 Å². The quantitative estimate of drug-likeness (QED) is 0.374. The second-order valence-electron chi connectivity index (χ2n) is 8.58. The minimum atomic E-state index is -1.82. The first kappa shape index (κ1) is 26.2. The minimum absolute atomic E-state index is 0.893. The maximum absolute atomic E-state index is 9.79. The molecule has 0 bridgehead atoms. The molecule has 4 rings (SSSR count). The molecule has 0 amide bonds. The fourth-order valence-corrected chi connectivity index (χ4v) is 4.38. The van der Waals surface area contributed by atoms with Gasteiger partial charge in [0.25, 0.3) is 0 Å². The second-order valence-corrected chi connectivity index (χ2v) is 9.53. The number of hydrogen-bond donors (Lipinski definition) is 3. The van der Waals surface area contributed by atoms with Crippen LogP contribution in [-0.2, 0) is 9.59 Å². The lowest BCUT2D eigenvalue weighted by atomic mass is 10.1. The first-order valence-electron chi connectivity index (χ1n) is 11.2. The molecule has 1 fully saturated rings. The lowest BCUT2D eigenvalue weighted by Crippen LogP contribution is -2.46. The highest BCUT2D eigenvalue weighted by Gasteiger charge is 2.20. The summed E-state index contributed by atoms with van der Waals surface area (Å²) in [5, 5.41) is 28.0. The van der Waals surface area contributed by atoms with Gasteiger partial charge in [-0.25, -0.2) is 14.6 Å². The number of likely N-dealkylation sites (N-methyl/N-ethyl adjacent to an activating group) is 1. The highest BCUT2D eigenvalue weighted by Crippen LogP contribution is 2.33. The predicted molar refractivity (Wildman–Crippen MR) is 138 cm³/mol. The molecule has 3 N–H and O–H groups in total. The zero-order chi connectivity index (χ0) is 25.6. The molecule has 3 aromatic rings. The van der Waals surface area contributed by atoms with Crippen molar-refractivity contribution in [2.75, 3.05) is 37.6 Å². The molecule has 0 saturated carbocycles. The molecule has 1 aliphatic heterocycles. The fraction of sp³-hybridized carbons (Fsp3) is 0.346. The Balaban J connectivity index is 0.000000509. The average Bonchev–Trinajstić information content (AvgIpc) is 3.31. The van der Waals surface area contributed by atoms with Crippen molar-refractivity contribution >= 4 is 39.2 Å². The zero-order valence-electron chi connectivity index (χ0n) is 20.0. The van der Waals surface area contributed by atoms with Gasteiger partial charge in [-0.15, -0.1) is 11.3 Å². The van der Waals surface area contributed by atoms with Gasteiger partial charge in [-0.2, -0.15) is 0 Å². The summed E-state index contributed by atoms with van der Waals surface area (Å²) in [6, 6.07) is 12.5. The van der Waals surface area contributed by atoms with Crippen LogP contribution in [0.4, 0.5) is 5.82 Å². The van der Waals surface area contributed by atoms with E-state index in [1.165, 1.54) is 10.1 Å². The average molecular weight is 496 g/mol. The number of thiophene rings is 1. The number of aliphatic carboxylic acids is 2. The number of fused-ring (bicyclic) bond motifs is 1. The standard InChI is InChI=1S/C24H27N3OS.C2H2O4/c1-4-26-12-14-27(15-13-26)23-20-10-16-29-22(20)17-21(25-23)19-7-5-18(6-8-19)9-11-24(2,3)28;3-1(4)2(5)6/h5-8,10,16-17,28H,4,12-15H2,1-3H3;(H,3,4)(H,5,6). The first-order valence-corrected chi connectivity index (χ1v) is 12.1. The van der Waals surface area contributed by atoms with E-state index in [-0.39, 0.29) is 0 Å². The van der Waals surface area contributed by atoms with Crippen LogP contribution >= 0.6 is 11.3 Å². The summed E-state index contributed by atoms with van der Waals surface area (Å²) < 4.78 is 1.27. The van der Waals surface area contributed by atoms with Gasteiger partial charge in [-0.05, 0) is 50.0 Å². The van der Waals surface area contributed by atoms with Gasteiger partial charge in [0.05, 0.1) is 5.69 Å². The van der Waals surface area contributed by atoms with E-state index in [1.54, 1.807) is 25.2 Å². The van der Waals surface area contributed by atoms with E-state index in [4.69, 9.17) is 24.8 Å². The smallest absolute Gasteiger partial charge is 0.414 e. The molecule has 0 spiro atoms. The van der Waals surface area contributed by atoms with Crippen molar-refractivity contribution in [3.63, 3.8) is 0 Å². The molecule has 35 heavy (non-hydrogen) atoms. The number of carboxylic acids is 2. The third-order valence-electron chi connectivity index (χ3n) is 5.43. The predicted octanol–water partition coefficient (Wildman–Crippen LogP) is 3.38. The van der Waals surface area contributed by atoms with E-state index in [9.17, 15) is 5.11 Å². The van der Waals surface area contributed by atoms with Gasteiger partial charge >= 0.3 is 11.9 Å². The molecular weight excluding hydrogens is 466 g/mol. The Bertz CT molecular complexity index is 1230. The maximum Gasteiger partial charge on any atom is 0.414 e. The van der Waals surface area contributed by atoms with Crippen LogP contribution in [0, 0.1) is 11.8 Å². The highest BCUT2D eigenvalue weighted by atomic mass is 32.1. The molecule has 0 atom stereocenters. The molecule has 1 aliphatic rings. The molecule has 1 saturated heterocycles. The van der Waals surface area contributed by atoms with Crippen LogP contribution < -0.4 is 4.90 Å². The summed E-state index contributed by atoms with van der Waals surface area (Å²) in [4.78, 5) is 28.2. The molecule has 3 heterocycles. The molecule has 2 aromatic heterocycles. The van der Waals surface area contributed by atoms with Crippen molar-refractivity contribution < 1.29 is 24.9 Å². The number of benzene rings is 1. The van der Waals surface area contributed by atoms with Gasteiger partial charge in [0.2, 0.25) is 0 Å². The Morgan fingerprint density at radius 2 is 1.69 bits per heavy atom. The number of hydrogen-bond acceptors (Lipinski definition) is 7. The number of anilines is 1. The van der Waals surface area contributed by atoms with E-state index in [0.717, 1.165) is 55.4 Å². The zero-order valence-corrected chi connectivity index (χ0v) is 20.8. The van der Waals surface area contributed by atoms with Crippen LogP contribution in [0.3, 0.4) is 0 Å². The van der Waals surface area contributed by atoms with E-state index in [1.807, 2.05) is 12.1 Å². The largest absolute Gasteiger partial charge is 0.473 e. The van der Waals surface area contributed by atoms with Crippen molar-refractivity contribution in [3.05, 3.63) is 47.3 Å². The van der Waals surface area contributed by atoms with Crippen LogP contribution in [0.1, 0.15) is 26.3 Å². The van der Waals surface area contributed by atoms with E-state index >= 15 is 0 Å². The summed E-state index contributed by atoms with van der Waals surface area (Å²) in [7, 11) is 0. The molecule has 0 radical (unpaired) electrons. The van der Waals surface area contributed by atoms with Crippen molar-refractivity contribution in [2.24, 2.45) is 0 Å². The highest BCUT2D eigenvalue weighted by molar-refractivity contribution is 7.17. The lowest BCUT2D eigenvalue weighted by molar-refractivity contribution is -0.159. The molecule has 0 aliphatic carbocycles. The Hall–Kier alpha value is -3.45. The molecular formula is C26H29N3O5S. The van der Waals surface area contributed by atoms with Crippen LogP contribution in [0.15, 0.2) is 41.8 Å². The third-order valence-corrected chi connectivity index (χ3v) is 6.29. The molecule has 9 heteroatoms. The molecule has 8 nitrogen and oxygen atoms in total. The molecule has 184 valence electrons. The van der Waals surface area contributed by atoms with Crippen molar-refractivity contribution in [1.29, 1.82) is 0 Å². The number of piperazine rings is 1. The van der Waals surface area contributed by atoms with Gasteiger partial charge < -0.3 is 25.1 Å². The summed E-state index contributed by atoms with van der Waals surface area (Å²) in [6.45, 7) is 10.9. The summed E-state index contributed by atoms with van der Waals surface area (Å²) in [6.07, 6.45) is 0. The number of nitrogens with zero attached hydrogens (tertiary/aromatic N) is 3. The molecule has 0 unspecified atom stereocenters. The van der Waals surface area contributed by atoms with Crippen LogP contribution in [-0.4, -0.2) is 75.5 Å². The third kappa shape index (κ3) is 7.26. The lowest BCUT2D eigenvalue weighted by Gasteiger charge is -2.35. The van der Waals surface area contributed by atoms with E-state index < -0.39 is 17.5 Å². The number of carbonyl (C=O) groups is 2.